The number of carbonyl (C=O) groups excluding carboxylic acids is 1. The molecule has 124 valence electrons. The molecule has 1 heterocycles. The number of nitrogens with one attached hydrogen (secondary N) is 1. The summed E-state index contributed by atoms with van der Waals surface area (Å²) in [6.45, 7) is 0. The highest BCUT2D eigenvalue weighted by Gasteiger charge is 2.10. The van der Waals surface area contributed by atoms with Crippen molar-refractivity contribution in [2.45, 2.75) is 0 Å². The Morgan fingerprint density at radius 3 is 2.80 bits per heavy atom. The molecule has 0 unspecified atom stereocenters. The summed E-state index contributed by atoms with van der Waals surface area (Å²) in [4.78, 5) is 26.5. The molecular weight excluding hydrogens is 324 g/mol. The van der Waals surface area contributed by atoms with Crippen molar-refractivity contribution in [3.63, 3.8) is 0 Å². The lowest BCUT2D eigenvalue weighted by molar-refractivity contribution is -0.384. The number of nitro benzene ring substituents is 1. The van der Waals surface area contributed by atoms with E-state index < -0.39 is 10.8 Å². The van der Waals surface area contributed by atoms with Crippen molar-refractivity contribution >= 4 is 28.7 Å². The number of amides is 1. The van der Waals surface area contributed by atoms with Gasteiger partial charge in [-0.2, -0.15) is 5.10 Å². The molecule has 3 aromatic rings. The fraction of sp³-hybridized carbons (Fsp3) is 0. The quantitative estimate of drug-likeness (QED) is 0.431. The number of hydrogen-bond acceptors (Lipinski definition) is 6. The number of aromatic hydroxyl groups is 1. The number of phenolic OH excluding ortho intramolecular Hbond substituents is 1. The zero-order valence-corrected chi connectivity index (χ0v) is 12.8. The van der Waals surface area contributed by atoms with Crippen LogP contribution >= 0.6 is 0 Å². The van der Waals surface area contributed by atoms with E-state index >= 15 is 0 Å². The van der Waals surface area contributed by atoms with Crippen molar-refractivity contribution in [2.24, 2.45) is 5.10 Å². The Morgan fingerprint density at radius 2 is 2.00 bits per heavy atom. The summed E-state index contributed by atoms with van der Waals surface area (Å²) in [5, 5.41) is 25.0. The zero-order valence-electron chi connectivity index (χ0n) is 12.8. The number of rotatable bonds is 4. The van der Waals surface area contributed by atoms with Crippen LogP contribution < -0.4 is 5.43 Å². The molecule has 0 aliphatic rings. The van der Waals surface area contributed by atoms with Gasteiger partial charge >= 0.3 is 0 Å². The molecule has 1 amide bonds. The van der Waals surface area contributed by atoms with Crippen LogP contribution in [0, 0.1) is 10.1 Å². The van der Waals surface area contributed by atoms with E-state index in [9.17, 15) is 20.0 Å². The average Bonchev–Trinajstić information content (AvgIpc) is 2.62. The van der Waals surface area contributed by atoms with E-state index in [2.05, 4.69) is 15.5 Å². The maximum atomic E-state index is 12.1. The van der Waals surface area contributed by atoms with Crippen LogP contribution in [0.15, 0.2) is 59.7 Å². The maximum absolute atomic E-state index is 12.1. The Morgan fingerprint density at radius 1 is 1.20 bits per heavy atom. The van der Waals surface area contributed by atoms with Gasteiger partial charge in [-0.1, -0.05) is 24.3 Å². The van der Waals surface area contributed by atoms with Gasteiger partial charge in [0.15, 0.2) is 0 Å². The minimum Gasteiger partial charge on any atom is -0.507 e. The Bertz CT molecular complexity index is 1000. The minimum absolute atomic E-state index is 0.112. The number of fused-ring (bicyclic) bond motifs is 1. The highest BCUT2D eigenvalue weighted by Crippen LogP contribution is 2.21. The van der Waals surface area contributed by atoms with Gasteiger partial charge in [-0.25, -0.2) is 10.4 Å². The molecule has 0 fully saturated rings. The largest absolute Gasteiger partial charge is 0.507 e. The van der Waals surface area contributed by atoms with Gasteiger partial charge in [-0.05, 0) is 18.2 Å². The van der Waals surface area contributed by atoms with Crippen LogP contribution in [0.4, 0.5) is 5.69 Å². The molecule has 0 spiro atoms. The summed E-state index contributed by atoms with van der Waals surface area (Å²) in [5.74, 6) is -0.723. The van der Waals surface area contributed by atoms with Gasteiger partial charge in [0.2, 0.25) is 0 Å². The van der Waals surface area contributed by atoms with Crippen molar-refractivity contribution < 1.29 is 14.8 Å². The molecular formula is C17H12N4O4. The number of hydrazone groups is 1. The lowest BCUT2D eigenvalue weighted by Crippen LogP contribution is -2.18. The van der Waals surface area contributed by atoms with Crippen molar-refractivity contribution in [3.05, 3.63) is 76.0 Å². The van der Waals surface area contributed by atoms with Crippen molar-refractivity contribution in [3.8, 4) is 5.75 Å². The number of nitro groups is 1. The molecule has 0 radical (unpaired) electrons. The van der Waals surface area contributed by atoms with Crippen LogP contribution in [-0.2, 0) is 0 Å². The van der Waals surface area contributed by atoms with Gasteiger partial charge in [0, 0.05) is 23.1 Å². The van der Waals surface area contributed by atoms with Gasteiger partial charge in [-0.3, -0.25) is 14.9 Å². The third-order valence-corrected chi connectivity index (χ3v) is 3.42. The second kappa shape index (κ2) is 6.75. The number of hydrogen-bond donors (Lipinski definition) is 2. The molecule has 0 aliphatic carbocycles. The smallest absolute Gasteiger partial charge is 0.289 e. The number of nitrogens with zero attached hydrogens (tertiary/aromatic N) is 3. The zero-order chi connectivity index (χ0) is 17.8. The van der Waals surface area contributed by atoms with Gasteiger partial charge in [0.1, 0.15) is 11.4 Å². The Labute approximate surface area is 141 Å². The number of aromatic nitrogens is 1. The monoisotopic (exact) mass is 336 g/mol. The van der Waals surface area contributed by atoms with Crippen molar-refractivity contribution in [1.29, 1.82) is 0 Å². The lowest BCUT2D eigenvalue weighted by atomic mass is 10.2. The number of para-hydroxylation sites is 1. The predicted molar refractivity (Wildman–Crippen MR) is 91.6 cm³/mol. The van der Waals surface area contributed by atoms with Crippen LogP contribution in [0.25, 0.3) is 10.9 Å². The highest BCUT2D eigenvalue weighted by atomic mass is 16.6. The van der Waals surface area contributed by atoms with E-state index in [1.807, 2.05) is 18.2 Å². The second-order valence-electron chi connectivity index (χ2n) is 5.09. The lowest BCUT2D eigenvalue weighted by Gasteiger charge is -2.02. The topological polar surface area (TPSA) is 118 Å². The first-order valence-corrected chi connectivity index (χ1v) is 7.21. The van der Waals surface area contributed by atoms with E-state index in [1.54, 1.807) is 18.2 Å². The van der Waals surface area contributed by atoms with E-state index in [4.69, 9.17) is 0 Å². The SMILES string of the molecule is O=C(N/N=C/c1cc([N+](=O)[O-])ccc1O)c1ccc2ccccc2n1. The summed E-state index contributed by atoms with van der Waals surface area (Å²) in [5.41, 5.74) is 3.05. The molecule has 8 nitrogen and oxygen atoms in total. The highest BCUT2D eigenvalue weighted by molar-refractivity contribution is 5.95. The minimum atomic E-state index is -0.589. The number of carbonyl (C=O) groups is 1. The predicted octanol–water partition coefficient (Wildman–Crippen LogP) is 2.61. The van der Waals surface area contributed by atoms with Gasteiger partial charge in [-0.15, -0.1) is 0 Å². The number of non-ortho nitro benzene ring substituents is 1. The Hall–Kier alpha value is -3.81. The van der Waals surface area contributed by atoms with Crippen LogP contribution in [0.1, 0.15) is 16.1 Å². The summed E-state index contributed by atoms with van der Waals surface area (Å²) >= 11 is 0. The standard InChI is InChI=1S/C17H12N4O4/c22-16-8-6-13(21(24)25)9-12(16)10-18-20-17(23)15-7-5-11-3-1-2-4-14(11)19-15/h1-10,22H,(H,20,23)/b18-10+. The number of phenols is 1. The van der Waals surface area contributed by atoms with Crippen LogP contribution in [-0.4, -0.2) is 27.1 Å². The molecule has 1 aromatic heterocycles. The second-order valence-corrected chi connectivity index (χ2v) is 5.09. The first-order chi connectivity index (χ1) is 12.0. The molecule has 0 atom stereocenters. The Balaban J connectivity index is 1.76. The fourth-order valence-corrected chi connectivity index (χ4v) is 2.17. The first-order valence-electron chi connectivity index (χ1n) is 7.21. The molecule has 0 aliphatic heterocycles. The average molecular weight is 336 g/mol. The van der Waals surface area contributed by atoms with Gasteiger partial charge in [0.25, 0.3) is 11.6 Å². The molecule has 2 aromatic carbocycles. The van der Waals surface area contributed by atoms with E-state index in [1.165, 1.54) is 12.1 Å². The molecule has 25 heavy (non-hydrogen) atoms. The maximum Gasteiger partial charge on any atom is 0.289 e. The molecule has 0 saturated heterocycles. The van der Waals surface area contributed by atoms with Crippen LogP contribution in [0.5, 0.6) is 5.75 Å². The summed E-state index contributed by atoms with van der Waals surface area (Å²) in [7, 11) is 0. The molecule has 8 heteroatoms. The Kier molecular flexibility index (Phi) is 4.34. The molecule has 0 bridgehead atoms. The third kappa shape index (κ3) is 3.58. The van der Waals surface area contributed by atoms with Crippen molar-refractivity contribution in [2.75, 3.05) is 0 Å². The van der Waals surface area contributed by atoms with E-state index in [-0.39, 0.29) is 22.7 Å². The summed E-state index contributed by atoms with van der Waals surface area (Å²) in [6.07, 6.45) is 1.13. The first kappa shape index (κ1) is 16.1. The van der Waals surface area contributed by atoms with E-state index in [0.29, 0.717) is 5.52 Å². The van der Waals surface area contributed by atoms with Crippen LogP contribution in [0.2, 0.25) is 0 Å². The van der Waals surface area contributed by atoms with Crippen LogP contribution in [0.3, 0.4) is 0 Å². The van der Waals surface area contributed by atoms with Gasteiger partial charge < -0.3 is 5.11 Å². The molecule has 0 saturated carbocycles. The molecule has 3 rings (SSSR count). The van der Waals surface area contributed by atoms with Crippen molar-refractivity contribution in [1.82, 2.24) is 10.4 Å². The normalized spacial score (nSPS) is 10.9. The fourth-order valence-electron chi connectivity index (χ4n) is 2.17. The number of benzene rings is 2. The third-order valence-electron chi connectivity index (χ3n) is 3.42. The van der Waals surface area contributed by atoms with E-state index in [0.717, 1.165) is 17.7 Å². The summed E-state index contributed by atoms with van der Waals surface area (Å²) in [6, 6.07) is 14.2. The summed E-state index contributed by atoms with van der Waals surface area (Å²) < 4.78 is 0. The molecule has 2 N–H and O–H groups in total. The van der Waals surface area contributed by atoms with Gasteiger partial charge in [0.05, 0.1) is 16.7 Å². The number of pyridine rings is 1.